The molecule has 0 atom stereocenters. The molecule has 0 aromatic rings. The summed E-state index contributed by atoms with van der Waals surface area (Å²) in [5.41, 5.74) is 9.19. The van der Waals surface area contributed by atoms with Crippen LogP contribution < -0.4 is 16.8 Å². The number of rotatable bonds is 0. The monoisotopic (exact) mass is 184 g/mol. The number of nitrogens with two attached hydrogens (primary N) is 2. The number of amides is 2. The zero-order chi connectivity index (χ0) is 8.57. The maximum atomic E-state index is 9.48. The molecule has 2 amide bonds. The van der Waals surface area contributed by atoms with Crippen molar-refractivity contribution in [3.63, 3.8) is 0 Å². The lowest BCUT2D eigenvalue weighted by atomic mass is 11.1. The molecule has 0 saturated heterocycles. The molecule has 0 heterocycles. The third kappa shape index (κ3) is 51.4. The molecule has 0 aromatic heterocycles. The molecule has 0 saturated carbocycles. The van der Waals surface area contributed by atoms with Crippen LogP contribution in [0.5, 0.6) is 0 Å². The molecule has 0 aromatic carbocycles. The molecule has 11 heavy (non-hydrogen) atoms. The van der Waals surface area contributed by atoms with Gasteiger partial charge in [-0.15, -0.1) is 12.4 Å². The summed E-state index contributed by atoms with van der Waals surface area (Å²) in [6.45, 7) is 0. The van der Waals surface area contributed by atoms with Crippen molar-refractivity contribution in [2.45, 2.75) is 0 Å². The van der Waals surface area contributed by atoms with E-state index in [1.807, 2.05) is 0 Å². The van der Waals surface area contributed by atoms with Crippen LogP contribution >= 0.6 is 12.4 Å². The Balaban J connectivity index is -0.000000107. The lowest BCUT2D eigenvalue weighted by Gasteiger charge is -1.85. The average Bonchev–Trinajstić information content (AvgIpc) is 1.89. The largest absolute Gasteiger partial charge is 0.469 e. The van der Waals surface area contributed by atoms with Crippen molar-refractivity contribution in [1.29, 1.82) is 5.41 Å². The molecule has 0 aliphatic heterocycles. The van der Waals surface area contributed by atoms with Crippen LogP contribution in [-0.4, -0.2) is 26.2 Å². The van der Waals surface area contributed by atoms with E-state index in [9.17, 15) is 4.79 Å². The van der Waals surface area contributed by atoms with E-state index in [4.69, 9.17) is 5.41 Å². The highest BCUT2D eigenvalue weighted by atomic mass is 35.5. The van der Waals surface area contributed by atoms with Crippen molar-refractivity contribution in [3.05, 3.63) is 0 Å². The van der Waals surface area contributed by atoms with Crippen LogP contribution in [0, 0.1) is 5.41 Å². The van der Waals surface area contributed by atoms with Gasteiger partial charge in [0.15, 0.2) is 0 Å². The first-order valence-electron chi connectivity index (χ1n) is 2.39. The number of hydrogen-bond donors (Lipinski definition) is 4. The van der Waals surface area contributed by atoms with Crippen molar-refractivity contribution < 1.29 is 9.53 Å². The van der Waals surface area contributed by atoms with E-state index in [1.165, 1.54) is 14.2 Å². The standard InChI is InChI=1S/2C2H6N2O.ClH/c1-5-2(3)4;1-4-2(3)5;/h1H3,(H3,3,4);1H3,(H3,3,4,5);1H. The summed E-state index contributed by atoms with van der Waals surface area (Å²) in [7, 11) is 2.82. The van der Waals surface area contributed by atoms with Crippen molar-refractivity contribution in [3.8, 4) is 0 Å². The molecule has 6 N–H and O–H groups in total. The van der Waals surface area contributed by atoms with E-state index in [0.717, 1.165) is 0 Å². The van der Waals surface area contributed by atoms with Crippen molar-refractivity contribution >= 4 is 24.5 Å². The van der Waals surface area contributed by atoms with Gasteiger partial charge >= 0.3 is 6.03 Å². The summed E-state index contributed by atoms with van der Waals surface area (Å²) in [6, 6.07) is -0.741. The number of carbonyl (C=O) groups excluding carboxylic acids is 1. The highest BCUT2D eigenvalue weighted by Gasteiger charge is 1.72. The highest BCUT2D eigenvalue weighted by molar-refractivity contribution is 5.85. The van der Waals surface area contributed by atoms with Gasteiger partial charge < -0.3 is 21.5 Å². The third-order valence-corrected chi connectivity index (χ3v) is 0.466. The Labute approximate surface area is 71.2 Å². The number of halogens is 1. The summed E-state index contributed by atoms with van der Waals surface area (Å²) >= 11 is 0. The zero-order valence-corrected chi connectivity index (χ0v) is 7.20. The number of amidine groups is 1. The Kier molecular flexibility index (Phi) is 17.3. The minimum absolute atomic E-state index is 0. The summed E-state index contributed by atoms with van der Waals surface area (Å²) in [4.78, 5) is 9.48. The number of hydrogen-bond acceptors (Lipinski definition) is 3. The Hall–Kier alpha value is -1.17. The summed E-state index contributed by atoms with van der Waals surface area (Å²) in [6.07, 6.45) is 0. The Bertz CT molecular complexity index is 105. The second-order valence-electron chi connectivity index (χ2n) is 1.18. The summed E-state index contributed by atoms with van der Waals surface area (Å²) < 4.78 is 4.11. The predicted octanol–water partition coefficient (Wildman–Crippen LogP) is -0.767. The van der Waals surface area contributed by atoms with Gasteiger partial charge in [-0.1, -0.05) is 0 Å². The number of ether oxygens (including phenoxy) is 1. The van der Waals surface area contributed by atoms with E-state index in [-0.39, 0.29) is 18.4 Å². The van der Waals surface area contributed by atoms with E-state index >= 15 is 0 Å². The molecule has 0 fully saturated rings. The first-order chi connectivity index (χ1) is 4.54. The average molecular weight is 185 g/mol. The predicted molar refractivity (Wildman–Crippen MR) is 44.8 cm³/mol. The Morgan fingerprint density at radius 3 is 1.73 bits per heavy atom. The van der Waals surface area contributed by atoms with Gasteiger partial charge in [-0.25, -0.2) is 4.79 Å². The lowest BCUT2D eigenvalue weighted by molar-refractivity contribution is 0.251. The Morgan fingerprint density at radius 1 is 1.55 bits per heavy atom. The second kappa shape index (κ2) is 11.6. The fraction of sp³-hybridized carbons (Fsp3) is 0.500. The minimum atomic E-state index is -0.495. The normalized spacial score (nSPS) is 6.00. The number of primary amides is 1. The minimum Gasteiger partial charge on any atom is -0.469 e. The zero-order valence-electron chi connectivity index (χ0n) is 6.38. The molecule has 0 rings (SSSR count). The van der Waals surface area contributed by atoms with Gasteiger partial charge in [0.05, 0.1) is 7.11 Å². The summed E-state index contributed by atoms with van der Waals surface area (Å²) in [5, 5.41) is 8.47. The van der Waals surface area contributed by atoms with E-state index < -0.39 is 6.03 Å². The molecular weight excluding hydrogens is 172 g/mol. The molecule has 0 unspecified atom stereocenters. The maximum Gasteiger partial charge on any atom is 0.311 e. The Morgan fingerprint density at radius 2 is 1.73 bits per heavy atom. The van der Waals surface area contributed by atoms with Crippen molar-refractivity contribution in [2.75, 3.05) is 14.2 Å². The molecule has 0 spiro atoms. The molecule has 0 aliphatic carbocycles. The molecule has 7 heteroatoms. The van der Waals surface area contributed by atoms with Crippen LogP contribution in [0.2, 0.25) is 0 Å². The van der Waals surface area contributed by atoms with Crippen LogP contribution in [0.3, 0.4) is 0 Å². The maximum absolute atomic E-state index is 9.48. The van der Waals surface area contributed by atoms with E-state index in [2.05, 4.69) is 21.5 Å². The number of carbonyl (C=O) groups is 1. The molecule has 0 radical (unpaired) electrons. The quantitative estimate of drug-likeness (QED) is 0.293. The summed E-state index contributed by atoms with van der Waals surface area (Å²) in [5.74, 6) is 0. The van der Waals surface area contributed by atoms with E-state index in [0.29, 0.717) is 0 Å². The van der Waals surface area contributed by atoms with Crippen molar-refractivity contribution in [1.82, 2.24) is 5.32 Å². The van der Waals surface area contributed by atoms with Gasteiger partial charge in [-0.05, 0) is 0 Å². The van der Waals surface area contributed by atoms with Gasteiger partial charge in [0.25, 0.3) is 6.02 Å². The van der Waals surface area contributed by atoms with Gasteiger partial charge in [0.2, 0.25) is 0 Å². The van der Waals surface area contributed by atoms with E-state index in [1.54, 1.807) is 0 Å². The molecule has 6 nitrogen and oxygen atoms in total. The number of urea groups is 1. The molecule has 0 bridgehead atoms. The fourth-order valence-corrected chi connectivity index (χ4v) is 0. The van der Waals surface area contributed by atoms with Crippen LogP contribution in [0.25, 0.3) is 0 Å². The van der Waals surface area contributed by atoms with Crippen LogP contribution in [0.1, 0.15) is 0 Å². The topological polar surface area (TPSA) is 114 Å². The van der Waals surface area contributed by atoms with Crippen LogP contribution in [0.4, 0.5) is 4.79 Å². The van der Waals surface area contributed by atoms with Crippen LogP contribution in [0.15, 0.2) is 0 Å². The van der Waals surface area contributed by atoms with Gasteiger partial charge in [-0.2, -0.15) is 0 Å². The van der Waals surface area contributed by atoms with Crippen LogP contribution in [-0.2, 0) is 4.74 Å². The highest BCUT2D eigenvalue weighted by Crippen LogP contribution is 1.50. The van der Waals surface area contributed by atoms with Gasteiger partial charge in [0.1, 0.15) is 0 Å². The lowest BCUT2D eigenvalue weighted by Crippen LogP contribution is -2.24. The number of methoxy groups -OCH3 is 1. The fourth-order valence-electron chi connectivity index (χ4n) is 0. The van der Waals surface area contributed by atoms with Crippen molar-refractivity contribution in [2.24, 2.45) is 11.5 Å². The third-order valence-electron chi connectivity index (χ3n) is 0.466. The number of nitrogens with one attached hydrogen (secondary N) is 2. The smallest absolute Gasteiger partial charge is 0.311 e. The molecule has 0 aliphatic rings. The first kappa shape index (κ1) is 16.4. The molecular formula is C4H13ClN4O2. The molecule has 68 valence electrons. The first-order valence-corrected chi connectivity index (χ1v) is 2.39. The van der Waals surface area contributed by atoms with Gasteiger partial charge in [-0.3, -0.25) is 5.41 Å². The van der Waals surface area contributed by atoms with Gasteiger partial charge in [0, 0.05) is 7.05 Å². The second-order valence-corrected chi connectivity index (χ2v) is 1.18. The SMILES string of the molecule is CNC(N)=O.COC(=N)N.Cl.